The first-order valence-electron chi connectivity index (χ1n) is 6.54. The lowest BCUT2D eigenvalue weighted by Crippen LogP contribution is -2.29. The van der Waals surface area contributed by atoms with Crippen LogP contribution in [0.5, 0.6) is 0 Å². The molecule has 2 aromatic carbocycles. The van der Waals surface area contributed by atoms with E-state index >= 15 is 0 Å². The summed E-state index contributed by atoms with van der Waals surface area (Å²) in [5, 5.41) is 0.955. The minimum absolute atomic E-state index is 0.0844. The zero-order valence-corrected chi connectivity index (χ0v) is 13.0. The van der Waals surface area contributed by atoms with Crippen LogP contribution in [0.25, 0.3) is 0 Å². The molecule has 0 spiro atoms. The molecule has 1 aliphatic heterocycles. The quantitative estimate of drug-likeness (QED) is 0.845. The molecule has 110 valence electrons. The normalized spacial score (nSPS) is 16.3. The molecule has 1 saturated heterocycles. The van der Waals surface area contributed by atoms with Gasteiger partial charge in [0, 0.05) is 10.6 Å². The van der Waals surface area contributed by atoms with E-state index in [0.717, 1.165) is 0 Å². The summed E-state index contributed by atoms with van der Waals surface area (Å²) in [6, 6.07) is 15.7. The average molecular weight is 331 g/mol. The molecule has 0 saturated carbocycles. The van der Waals surface area contributed by atoms with Crippen molar-refractivity contribution >= 4 is 46.0 Å². The number of rotatable bonds is 2. The van der Waals surface area contributed by atoms with Crippen LogP contribution in [0.1, 0.15) is 10.4 Å². The summed E-state index contributed by atoms with van der Waals surface area (Å²) in [6.45, 7) is 0. The molecular formula is C16H11ClN2O2S. The summed E-state index contributed by atoms with van der Waals surface area (Å²) < 4.78 is 0. The van der Waals surface area contributed by atoms with Gasteiger partial charge in [-0.15, -0.1) is 0 Å². The molecule has 1 fully saturated rings. The summed E-state index contributed by atoms with van der Waals surface area (Å²) in [4.78, 5) is 29.8. The van der Waals surface area contributed by atoms with Crippen molar-refractivity contribution in [2.75, 3.05) is 10.7 Å². The Bertz CT molecular complexity index is 745. The Morgan fingerprint density at radius 2 is 1.77 bits per heavy atom. The molecule has 1 heterocycles. The standard InChI is InChI=1S/C16H11ClN2O2S/c17-12-8-6-11(7-9-12)15(21)18-16-19(14(20)10-22-16)13-4-2-1-3-5-13/h1-9H,10H2. The van der Waals surface area contributed by atoms with Crippen LogP contribution in [-0.2, 0) is 4.79 Å². The number of benzene rings is 2. The van der Waals surface area contributed by atoms with Crippen LogP contribution in [0.3, 0.4) is 0 Å². The molecule has 0 N–H and O–H groups in total. The third-order valence-electron chi connectivity index (χ3n) is 3.07. The number of amidine groups is 1. The van der Waals surface area contributed by atoms with Gasteiger partial charge in [0.1, 0.15) is 0 Å². The number of thioether (sulfide) groups is 1. The zero-order valence-electron chi connectivity index (χ0n) is 11.4. The molecule has 0 aliphatic carbocycles. The minimum Gasteiger partial charge on any atom is -0.273 e. The van der Waals surface area contributed by atoms with Crippen molar-refractivity contribution in [2.24, 2.45) is 4.99 Å². The Morgan fingerprint density at radius 3 is 2.45 bits per heavy atom. The maximum absolute atomic E-state index is 12.2. The molecule has 6 heteroatoms. The van der Waals surface area contributed by atoms with Crippen molar-refractivity contribution in [2.45, 2.75) is 0 Å². The Morgan fingerprint density at radius 1 is 1.09 bits per heavy atom. The predicted octanol–water partition coefficient (Wildman–Crippen LogP) is 3.62. The highest BCUT2D eigenvalue weighted by molar-refractivity contribution is 8.15. The van der Waals surface area contributed by atoms with Crippen molar-refractivity contribution < 1.29 is 9.59 Å². The van der Waals surface area contributed by atoms with Crippen LogP contribution in [0.15, 0.2) is 59.6 Å². The van der Waals surface area contributed by atoms with E-state index in [1.807, 2.05) is 30.3 Å². The van der Waals surface area contributed by atoms with Gasteiger partial charge in [-0.25, -0.2) is 0 Å². The molecule has 0 unspecified atom stereocenters. The van der Waals surface area contributed by atoms with Gasteiger partial charge in [0.05, 0.1) is 11.4 Å². The van der Waals surface area contributed by atoms with Crippen molar-refractivity contribution in [1.29, 1.82) is 0 Å². The Balaban J connectivity index is 1.90. The lowest BCUT2D eigenvalue weighted by molar-refractivity contribution is -0.115. The highest BCUT2D eigenvalue weighted by Crippen LogP contribution is 2.26. The molecular weight excluding hydrogens is 320 g/mol. The highest BCUT2D eigenvalue weighted by Gasteiger charge is 2.30. The molecule has 0 atom stereocenters. The van der Waals surface area contributed by atoms with Gasteiger partial charge in [-0.2, -0.15) is 4.99 Å². The number of nitrogens with zero attached hydrogens (tertiary/aromatic N) is 2. The van der Waals surface area contributed by atoms with Crippen molar-refractivity contribution in [3.63, 3.8) is 0 Å². The van der Waals surface area contributed by atoms with E-state index in [1.165, 1.54) is 16.7 Å². The van der Waals surface area contributed by atoms with Crippen LogP contribution in [0, 0.1) is 0 Å². The van der Waals surface area contributed by atoms with Crippen LogP contribution >= 0.6 is 23.4 Å². The number of hydrogen-bond donors (Lipinski definition) is 0. The third kappa shape index (κ3) is 3.05. The number of carbonyl (C=O) groups excluding carboxylic acids is 2. The fraction of sp³-hybridized carbons (Fsp3) is 0.0625. The number of aliphatic imine (C=N–C) groups is 1. The Kier molecular flexibility index (Phi) is 4.27. The number of anilines is 1. The van der Waals surface area contributed by atoms with E-state index in [0.29, 0.717) is 21.4 Å². The summed E-state index contributed by atoms with van der Waals surface area (Å²) in [7, 11) is 0. The second-order valence-corrected chi connectivity index (χ2v) is 5.94. The molecule has 1 aliphatic rings. The van der Waals surface area contributed by atoms with Crippen LogP contribution in [0.2, 0.25) is 5.02 Å². The van der Waals surface area contributed by atoms with E-state index in [9.17, 15) is 9.59 Å². The van der Waals surface area contributed by atoms with Crippen molar-refractivity contribution in [3.05, 3.63) is 65.2 Å². The first-order chi connectivity index (χ1) is 10.6. The minimum atomic E-state index is -0.394. The smallest absolute Gasteiger partial charge is 0.273 e. The van der Waals surface area contributed by atoms with E-state index in [2.05, 4.69) is 4.99 Å². The fourth-order valence-electron chi connectivity index (χ4n) is 2.02. The largest absolute Gasteiger partial charge is 0.279 e. The van der Waals surface area contributed by atoms with Gasteiger partial charge in [-0.1, -0.05) is 41.6 Å². The topological polar surface area (TPSA) is 49.7 Å². The number of para-hydroxylation sites is 1. The van der Waals surface area contributed by atoms with Gasteiger partial charge < -0.3 is 0 Å². The lowest BCUT2D eigenvalue weighted by atomic mass is 10.2. The van der Waals surface area contributed by atoms with Crippen molar-refractivity contribution in [3.8, 4) is 0 Å². The lowest BCUT2D eigenvalue weighted by Gasteiger charge is -2.15. The van der Waals surface area contributed by atoms with Gasteiger partial charge >= 0.3 is 0 Å². The summed E-state index contributed by atoms with van der Waals surface area (Å²) in [5.74, 6) is -0.199. The number of halogens is 1. The second-order valence-electron chi connectivity index (χ2n) is 4.56. The molecule has 3 rings (SSSR count). The SMILES string of the molecule is O=C(N=C1SCC(=O)N1c1ccccc1)c1ccc(Cl)cc1. The van der Waals surface area contributed by atoms with Gasteiger partial charge in [0.25, 0.3) is 5.91 Å². The maximum Gasteiger partial charge on any atom is 0.279 e. The van der Waals surface area contributed by atoms with Gasteiger partial charge in [0.15, 0.2) is 5.17 Å². The molecule has 4 nitrogen and oxygen atoms in total. The molecule has 2 amide bonds. The molecule has 22 heavy (non-hydrogen) atoms. The van der Waals surface area contributed by atoms with Crippen LogP contribution in [-0.4, -0.2) is 22.7 Å². The van der Waals surface area contributed by atoms with Crippen LogP contribution < -0.4 is 4.90 Å². The van der Waals surface area contributed by atoms with E-state index in [-0.39, 0.29) is 11.7 Å². The Hall–Kier alpha value is -2.11. The Labute approximate surface area is 136 Å². The number of amides is 2. The first kappa shape index (κ1) is 14.8. The van der Waals surface area contributed by atoms with E-state index in [1.54, 1.807) is 24.3 Å². The van der Waals surface area contributed by atoms with Gasteiger partial charge in [0.2, 0.25) is 5.91 Å². The van der Waals surface area contributed by atoms with E-state index in [4.69, 9.17) is 11.6 Å². The van der Waals surface area contributed by atoms with Gasteiger partial charge in [-0.05, 0) is 36.4 Å². The molecule has 2 aromatic rings. The summed E-state index contributed by atoms with van der Waals surface area (Å²) in [6.07, 6.45) is 0. The summed E-state index contributed by atoms with van der Waals surface area (Å²) >= 11 is 7.06. The second kappa shape index (κ2) is 6.34. The highest BCUT2D eigenvalue weighted by atomic mass is 35.5. The summed E-state index contributed by atoms with van der Waals surface area (Å²) in [5.41, 5.74) is 1.14. The van der Waals surface area contributed by atoms with Crippen LogP contribution in [0.4, 0.5) is 5.69 Å². The monoisotopic (exact) mass is 330 g/mol. The fourth-order valence-corrected chi connectivity index (χ4v) is 3.01. The molecule has 0 radical (unpaired) electrons. The number of hydrogen-bond acceptors (Lipinski definition) is 3. The molecule has 0 aromatic heterocycles. The van der Waals surface area contributed by atoms with E-state index < -0.39 is 5.91 Å². The predicted molar refractivity (Wildman–Crippen MR) is 89.6 cm³/mol. The first-order valence-corrected chi connectivity index (χ1v) is 7.91. The van der Waals surface area contributed by atoms with Crippen molar-refractivity contribution in [1.82, 2.24) is 0 Å². The van der Waals surface area contributed by atoms with Gasteiger partial charge in [-0.3, -0.25) is 14.5 Å². The number of carbonyl (C=O) groups is 2. The average Bonchev–Trinajstić information content (AvgIpc) is 2.89. The molecule has 0 bridgehead atoms. The zero-order chi connectivity index (χ0) is 15.5. The third-order valence-corrected chi connectivity index (χ3v) is 4.24. The maximum atomic E-state index is 12.2.